The van der Waals surface area contributed by atoms with Crippen LogP contribution in [0.5, 0.6) is 0 Å². The normalized spacial score (nSPS) is 16.5. The van der Waals surface area contributed by atoms with Crippen LogP contribution in [-0.2, 0) is 6.42 Å². The van der Waals surface area contributed by atoms with Crippen molar-refractivity contribution >= 4 is 0 Å². The molecule has 1 aliphatic carbocycles. The lowest BCUT2D eigenvalue weighted by Gasteiger charge is -2.21. The Hall–Kier alpha value is -1.43. The Labute approximate surface area is 106 Å². The summed E-state index contributed by atoms with van der Waals surface area (Å²) in [6, 6.07) is 4.14. The molecule has 96 valence electrons. The molecule has 0 spiro atoms. The molecule has 2 rings (SSSR count). The van der Waals surface area contributed by atoms with E-state index in [0.29, 0.717) is 17.9 Å². The minimum absolute atomic E-state index is 0.476. The number of halogens is 2. The lowest BCUT2D eigenvalue weighted by atomic mass is 9.85. The van der Waals surface area contributed by atoms with E-state index in [2.05, 4.69) is 0 Å². The van der Waals surface area contributed by atoms with Gasteiger partial charge in [0.05, 0.1) is 0 Å². The molecule has 0 unspecified atom stereocenters. The van der Waals surface area contributed by atoms with E-state index in [1.165, 1.54) is 44.2 Å². The molecule has 0 saturated heterocycles. The Morgan fingerprint density at radius 2 is 1.72 bits per heavy atom. The zero-order valence-corrected chi connectivity index (χ0v) is 10.4. The van der Waals surface area contributed by atoms with Crippen LogP contribution in [-0.4, -0.2) is 0 Å². The Kier molecular flexibility index (Phi) is 4.30. The standard InChI is InChI=1S/C15H17F2N/c16-14-8-12(9-15(17)13(14)10-18)7-6-11-4-2-1-3-5-11/h8-9,11H,1-7H2. The zero-order valence-electron chi connectivity index (χ0n) is 10.4. The molecule has 0 aromatic heterocycles. The Morgan fingerprint density at radius 1 is 1.11 bits per heavy atom. The monoisotopic (exact) mass is 249 g/mol. The van der Waals surface area contributed by atoms with Crippen LogP contribution in [0.4, 0.5) is 8.78 Å². The first kappa shape index (κ1) is 13.0. The summed E-state index contributed by atoms with van der Waals surface area (Å²) in [5.74, 6) is -0.784. The van der Waals surface area contributed by atoms with Crippen LogP contribution >= 0.6 is 0 Å². The fraction of sp³-hybridized carbons (Fsp3) is 0.533. The smallest absolute Gasteiger partial charge is 0.144 e. The molecular formula is C15H17F2N. The van der Waals surface area contributed by atoms with Gasteiger partial charge in [0, 0.05) is 0 Å². The summed E-state index contributed by atoms with van der Waals surface area (Å²) in [5, 5.41) is 8.59. The average Bonchev–Trinajstić information content (AvgIpc) is 2.37. The van der Waals surface area contributed by atoms with E-state index in [1.807, 2.05) is 0 Å². The molecule has 1 saturated carbocycles. The molecule has 0 bridgehead atoms. The summed E-state index contributed by atoms with van der Waals surface area (Å²) in [6.45, 7) is 0. The van der Waals surface area contributed by atoms with E-state index in [9.17, 15) is 8.78 Å². The summed E-state index contributed by atoms with van der Waals surface area (Å²) in [4.78, 5) is 0. The first-order valence-electron chi connectivity index (χ1n) is 6.58. The molecule has 0 heterocycles. The molecule has 1 aliphatic rings. The van der Waals surface area contributed by atoms with E-state index in [-0.39, 0.29) is 0 Å². The quantitative estimate of drug-likeness (QED) is 0.781. The van der Waals surface area contributed by atoms with Gasteiger partial charge in [-0.2, -0.15) is 5.26 Å². The van der Waals surface area contributed by atoms with Gasteiger partial charge in [0.25, 0.3) is 0 Å². The van der Waals surface area contributed by atoms with Crippen LogP contribution in [0.15, 0.2) is 12.1 Å². The van der Waals surface area contributed by atoms with Gasteiger partial charge < -0.3 is 0 Å². The molecule has 1 aromatic carbocycles. The molecular weight excluding hydrogens is 232 g/mol. The van der Waals surface area contributed by atoms with Crippen molar-refractivity contribution in [2.75, 3.05) is 0 Å². The first-order chi connectivity index (χ1) is 8.70. The second kappa shape index (κ2) is 5.95. The van der Waals surface area contributed by atoms with Crippen molar-refractivity contribution in [2.24, 2.45) is 5.92 Å². The number of hydrogen-bond acceptors (Lipinski definition) is 1. The van der Waals surface area contributed by atoms with Crippen molar-refractivity contribution in [3.05, 3.63) is 34.9 Å². The van der Waals surface area contributed by atoms with E-state index >= 15 is 0 Å². The van der Waals surface area contributed by atoms with Gasteiger partial charge in [-0.1, -0.05) is 32.1 Å². The fourth-order valence-electron chi connectivity index (χ4n) is 2.72. The summed E-state index contributed by atoms with van der Waals surface area (Å²) in [6.07, 6.45) is 8.04. The second-order valence-electron chi connectivity index (χ2n) is 5.09. The predicted octanol–water partition coefficient (Wildman–Crippen LogP) is 4.35. The number of aryl methyl sites for hydroxylation is 1. The molecule has 0 N–H and O–H groups in total. The number of benzene rings is 1. The molecule has 0 atom stereocenters. The molecule has 1 nitrogen and oxygen atoms in total. The minimum atomic E-state index is -0.740. The number of rotatable bonds is 3. The highest BCUT2D eigenvalue weighted by atomic mass is 19.1. The van der Waals surface area contributed by atoms with Crippen LogP contribution in [0.3, 0.4) is 0 Å². The maximum atomic E-state index is 13.4. The zero-order chi connectivity index (χ0) is 13.0. The van der Waals surface area contributed by atoms with Crippen molar-refractivity contribution in [2.45, 2.75) is 44.9 Å². The summed E-state index contributed by atoms with van der Waals surface area (Å²) >= 11 is 0. The van der Waals surface area contributed by atoms with Gasteiger partial charge in [-0.3, -0.25) is 0 Å². The van der Waals surface area contributed by atoms with E-state index in [1.54, 1.807) is 6.07 Å². The molecule has 0 radical (unpaired) electrons. The Morgan fingerprint density at radius 3 is 2.28 bits per heavy atom. The van der Waals surface area contributed by atoms with Crippen molar-refractivity contribution in [1.29, 1.82) is 5.26 Å². The maximum Gasteiger partial charge on any atom is 0.144 e. The molecule has 0 aliphatic heterocycles. The lowest BCUT2D eigenvalue weighted by Crippen LogP contribution is -2.07. The van der Waals surface area contributed by atoms with Crippen molar-refractivity contribution < 1.29 is 8.78 Å². The largest absolute Gasteiger partial charge is 0.205 e. The molecule has 18 heavy (non-hydrogen) atoms. The highest BCUT2D eigenvalue weighted by Gasteiger charge is 2.15. The average molecular weight is 249 g/mol. The van der Waals surface area contributed by atoms with Crippen LogP contribution in [0.25, 0.3) is 0 Å². The fourth-order valence-corrected chi connectivity index (χ4v) is 2.72. The number of nitrogens with zero attached hydrogens (tertiary/aromatic N) is 1. The number of hydrogen-bond donors (Lipinski definition) is 0. The third-order valence-corrected chi connectivity index (χ3v) is 3.78. The summed E-state index contributed by atoms with van der Waals surface area (Å²) in [7, 11) is 0. The van der Waals surface area contributed by atoms with Gasteiger partial charge >= 0.3 is 0 Å². The topological polar surface area (TPSA) is 23.8 Å². The second-order valence-corrected chi connectivity index (χ2v) is 5.09. The van der Waals surface area contributed by atoms with E-state index < -0.39 is 17.2 Å². The first-order valence-corrected chi connectivity index (χ1v) is 6.58. The van der Waals surface area contributed by atoms with Crippen LogP contribution in [0.2, 0.25) is 0 Å². The summed E-state index contributed by atoms with van der Waals surface area (Å²) in [5.41, 5.74) is 0.186. The molecule has 1 aromatic rings. The number of nitriles is 1. The SMILES string of the molecule is N#Cc1c(F)cc(CCC2CCCCC2)cc1F. The van der Waals surface area contributed by atoms with E-state index in [0.717, 1.165) is 6.42 Å². The van der Waals surface area contributed by atoms with Gasteiger partial charge in [0.1, 0.15) is 23.3 Å². The minimum Gasteiger partial charge on any atom is -0.205 e. The highest BCUT2D eigenvalue weighted by molar-refractivity contribution is 5.35. The lowest BCUT2D eigenvalue weighted by molar-refractivity contribution is 0.339. The highest BCUT2D eigenvalue weighted by Crippen LogP contribution is 2.28. The van der Waals surface area contributed by atoms with Crippen LogP contribution in [0.1, 0.15) is 49.7 Å². The van der Waals surface area contributed by atoms with Gasteiger partial charge in [-0.05, 0) is 36.5 Å². The van der Waals surface area contributed by atoms with Crippen molar-refractivity contribution in [3.63, 3.8) is 0 Å². The third-order valence-electron chi connectivity index (χ3n) is 3.78. The van der Waals surface area contributed by atoms with Gasteiger partial charge in [0.15, 0.2) is 0 Å². The molecule has 0 amide bonds. The third kappa shape index (κ3) is 3.07. The molecule has 3 heteroatoms. The summed E-state index contributed by atoms with van der Waals surface area (Å²) < 4.78 is 26.8. The predicted molar refractivity (Wildman–Crippen MR) is 66.0 cm³/mol. The van der Waals surface area contributed by atoms with Gasteiger partial charge in [-0.25, -0.2) is 8.78 Å². The Bertz CT molecular complexity index is 433. The van der Waals surface area contributed by atoms with Crippen molar-refractivity contribution in [3.8, 4) is 6.07 Å². The van der Waals surface area contributed by atoms with E-state index in [4.69, 9.17) is 5.26 Å². The Balaban J connectivity index is 1.99. The van der Waals surface area contributed by atoms with Crippen LogP contribution in [0, 0.1) is 28.9 Å². The van der Waals surface area contributed by atoms with Crippen molar-refractivity contribution in [1.82, 2.24) is 0 Å². The maximum absolute atomic E-state index is 13.4. The van der Waals surface area contributed by atoms with Gasteiger partial charge in [-0.15, -0.1) is 0 Å². The van der Waals surface area contributed by atoms with Crippen LogP contribution < -0.4 is 0 Å². The molecule has 1 fully saturated rings. The van der Waals surface area contributed by atoms with Gasteiger partial charge in [0.2, 0.25) is 0 Å².